The van der Waals surface area contributed by atoms with Crippen molar-refractivity contribution in [1.29, 1.82) is 0 Å². The van der Waals surface area contributed by atoms with E-state index in [-0.39, 0.29) is 12.1 Å². The number of nitrogens with one attached hydrogen (secondary N) is 1. The first kappa shape index (κ1) is 16.5. The van der Waals surface area contributed by atoms with Crippen molar-refractivity contribution in [3.05, 3.63) is 29.6 Å². The second-order valence-corrected chi connectivity index (χ2v) is 6.48. The highest BCUT2D eigenvalue weighted by Gasteiger charge is 2.29. The van der Waals surface area contributed by atoms with Crippen molar-refractivity contribution in [3.63, 3.8) is 0 Å². The molecule has 3 N–H and O–H groups in total. The van der Waals surface area contributed by atoms with Crippen molar-refractivity contribution in [2.45, 2.75) is 24.3 Å². The van der Waals surface area contributed by atoms with Gasteiger partial charge in [-0.2, -0.15) is 0 Å². The third kappa shape index (κ3) is 3.75. The van der Waals surface area contributed by atoms with Gasteiger partial charge in [0.2, 0.25) is 10.0 Å². The minimum absolute atomic E-state index is 0.0368. The number of methoxy groups -OCH3 is 1. The molecule has 1 aromatic carbocycles. The summed E-state index contributed by atoms with van der Waals surface area (Å²) in [5.74, 6) is -1.64. The Hall–Kier alpha value is -1.51. The Balaban J connectivity index is 3.37. The van der Waals surface area contributed by atoms with E-state index in [4.69, 9.17) is 5.73 Å². The van der Waals surface area contributed by atoms with Crippen LogP contribution in [-0.4, -0.2) is 33.6 Å². The molecule has 0 fully saturated rings. The Kier molecular flexibility index (Phi) is 4.85. The first-order valence-electron chi connectivity index (χ1n) is 5.75. The lowest BCUT2D eigenvalue weighted by atomic mass is 10.1. The fourth-order valence-electron chi connectivity index (χ4n) is 1.46. The Morgan fingerprint density at radius 2 is 2.05 bits per heavy atom. The molecule has 0 saturated carbocycles. The number of carbonyl (C=O) groups excluding carboxylic acids is 1. The van der Waals surface area contributed by atoms with Crippen LogP contribution in [0.15, 0.2) is 23.1 Å². The fraction of sp³-hybridized carbons (Fsp3) is 0.417. The van der Waals surface area contributed by atoms with Crippen LogP contribution in [0.3, 0.4) is 0 Å². The molecule has 8 heteroatoms. The molecule has 1 aromatic rings. The highest BCUT2D eigenvalue weighted by Crippen LogP contribution is 2.20. The summed E-state index contributed by atoms with van der Waals surface area (Å²) in [6.45, 7) is 3.18. The van der Waals surface area contributed by atoms with Crippen LogP contribution in [0.5, 0.6) is 0 Å². The average molecular weight is 304 g/mol. The Bertz CT molecular complexity index is 614. The van der Waals surface area contributed by atoms with Crippen LogP contribution in [0.1, 0.15) is 24.2 Å². The van der Waals surface area contributed by atoms with Crippen molar-refractivity contribution in [1.82, 2.24) is 4.72 Å². The van der Waals surface area contributed by atoms with E-state index in [0.717, 1.165) is 25.3 Å². The minimum atomic E-state index is -4.11. The zero-order chi connectivity index (χ0) is 15.6. The van der Waals surface area contributed by atoms with E-state index >= 15 is 0 Å². The number of benzene rings is 1. The molecule has 0 spiro atoms. The van der Waals surface area contributed by atoms with Crippen LogP contribution in [0.4, 0.5) is 4.39 Å². The number of esters is 1. The number of nitrogens with two attached hydrogens (primary N) is 1. The first-order chi connectivity index (χ1) is 9.13. The molecule has 1 rings (SSSR count). The lowest BCUT2D eigenvalue weighted by Gasteiger charge is -2.24. The molecule has 0 unspecified atom stereocenters. The van der Waals surface area contributed by atoms with Gasteiger partial charge in [-0.3, -0.25) is 0 Å². The van der Waals surface area contributed by atoms with Crippen LogP contribution in [0, 0.1) is 5.82 Å². The predicted octanol–water partition coefficient (Wildman–Crippen LogP) is 0.628. The summed E-state index contributed by atoms with van der Waals surface area (Å²) >= 11 is 0. The summed E-state index contributed by atoms with van der Waals surface area (Å²) in [4.78, 5) is 11.1. The second-order valence-electron chi connectivity index (χ2n) is 4.83. The molecule has 0 aliphatic rings. The van der Waals surface area contributed by atoms with Crippen molar-refractivity contribution in [3.8, 4) is 0 Å². The number of rotatable bonds is 5. The summed E-state index contributed by atoms with van der Waals surface area (Å²) in [5.41, 5.74) is 4.28. The number of hydrogen-bond acceptors (Lipinski definition) is 5. The normalized spacial score (nSPS) is 12.2. The van der Waals surface area contributed by atoms with E-state index < -0.39 is 32.2 Å². The summed E-state index contributed by atoms with van der Waals surface area (Å²) < 4.78 is 44.6. The Labute approximate surface area is 117 Å². The molecule has 6 nitrogen and oxygen atoms in total. The van der Waals surface area contributed by atoms with Crippen LogP contribution < -0.4 is 10.5 Å². The van der Waals surface area contributed by atoms with Gasteiger partial charge in [-0.05, 0) is 32.0 Å². The predicted molar refractivity (Wildman–Crippen MR) is 71.2 cm³/mol. The molecule has 0 aliphatic heterocycles. The molecule has 0 aliphatic carbocycles. The average Bonchev–Trinajstić information content (AvgIpc) is 2.36. The minimum Gasteiger partial charge on any atom is -0.465 e. The van der Waals surface area contributed by atoms with E-state index in [0.29, 0.717) is 0 Å². The van der Waals surface area contributed by atoms with Crippen molar-refractivity contribution in [2.75, 3.05) is 13.7 Å². The van der Waals surface area contributed by atoms with Crippen LogP contribution in [0.25, 0.3) is 0 Å². The highest BCUT2D eigenvalue weighted by molar-refractivity contribution is 7.89. The zero-order valence-corrected chi connectivity index (χ0v) is 12.3. The Morgan fingerprint density at radius 1 is 1.45 bits per heavy atom. The lowest BCUT2D eigenvalue weighted by molar-refractivity contribution is 0.0596. The summed E-state index contributed by atoms with van der Waals surface area (Å²) in [7, 11) is -3.00. The van der Waals surface area contributed by atoms with Gasteiger partial charge >= 0.3 is 5.97 Å². The maximum absolute atomic E-state index is 13.3. The Morgan fingerprint density at radius 3 is 2.55 bits per heavy atom. The molecule has 0 heterocycles. The molecule has 0 amide bonds. The van der Waals surface area contributed by atoms with Gasteiger partial charge < -0.3 is 10.5 Å². The van der Waals surface area contributed by atoms with Crippen molar-refractivity contribution in [2.24, 2.45) is 5.73 Å². The molecular weight excluding hydrogens is 287 g/mol. The lowest BCUT2D eigenvalue weighted by Crippen LogP contribution is -2.48. The third-order valence-electron chi connectivity index (χ3n) is 2.56. The molecule has 0 bridgehead atoms. The zero-order valence-electron chi connectivity index (χ0n) is 11.4. The number of ether oxygens (including phenoxy) is 1. The van der Waals surface area contributed by atoms with Gasteiger partial charge in [0.25, 0.3) is 0 Å². The number of halogens is 1. The largest absolute Gasteiger partial charge is 0.465 e. The number of hydrogen-bond donors (Lipinski definition) is 2. The van der Waals surface area contributed by atoms with Crippen molar-refractivity contribution < 1.29 is 22.3 Å². The van der Waals surface area contributed by atoms with Gasteiger partial charge in [-0.1, -0.05) is 0 Å². The SMILES string of the molecule is COC(=O)c1ccc(F)cc1S(=O)(=O)NC(C)(C)CN. The van der Waals surface area contributed by atoms with Gasteiger partial charge in [0, 0.05) is 12.1 Å². The van der Waals surface area contributed by atoms with E-state index in [1.54, 1.807) is 13.8 Å². The topological polar surface area (TPSA) is 98.5 Å². The second kappa shape index (κ2) is 5.86. The van der Waals surface area contributed by atoms with E-state index in [1.165, 1.54) is 0 Å². The maximum Gasteiger partial charge on any atom is 0.339 e. The third-order valence-corrected chi connectivity index (χ3v) is 4.30. The highest BCUT2D eigenvalue weighted by atomic mass is 32.2. The molecule has 0 atom stereocenters. The molecule has 0 aromatic heterocycles. The summed E-state index contributed by atoms with van der Waals surface area (Å²) in [6, 6.07) is 2.81. The maximum atomic E-state index is 13.3. The number of sulfonamides is 1. The molecule has 0 saturated heterocycles. The standard InChI is InChI=1S/C12H17FN2O4S/c1-12(2,7-14)15-20(17,18)10-6-8(13)4-5-9(10)11(16)19-3/h4-6,15H,7,14H2,1-3H3. The first-order valence-corrected chi connectivity index (χ1v) is 7.23. The van der Waals surface area contributed by atoms with Gasteiger partial charge in [-0.15, -0.1) is 0 Å². The van der Waals surface area contributed by atoms with E-state index in [1.807, 2.05) is 0 Å². The van der Waals surface area contributed by atoms with E-state index in [2.05, 4.69) is 9.46 Å². The van der Waals surface area contributed by atoms with E-state index in [9.17, 15) is 17.6 Å². The van der Waals surface area contributed by atoms with Crippen molar-refractivity contribution >= 4 is 16.0 Å². The fourth-order valence-corrected chi connectivity index (χ4v) is 3.09. The van der Waals surface area contributed by atoms with Crippen LogP contribution >= 0.6 is 0 Å². The quantitative estimate of drug-likeness (QED) is 0.777. The van der Waals surface area contributed by atoms with Gasteiger partial charge in [-0.25, -0.2) is 22.3 Å². The van der Waals surface area contributed by atoms with Gasteiger partial charge in [0.1, 0.15) is 5.82 Å². The molecule has 20 heavy (non-hydrogen) atoms. The molecular formula is C12H17FN2O4S. The number of carbonyl (C=O) groups is 1. The monoisotopic (exact) mass is 304 g/mol. The molecule has 0 radical (unpaired) electrons. The van der Waals surface area contributed by atoms with Crippen LogP contribution in [0.2, 0.25) is 0 Å². The molecule has 112 valence electrons. The van der Waals surface area contributed by atoms with Gasteiger partial charge in [0.15, 0.2) is 0 Å². The summed E-state index contributed by atoms with van der Waals surface area (Å²) in [5, 5.41) is 0. The summed E-state index contributed by atoms with van der Waals surface area (Å²) in [6.07, 6.45) is 0. The smallest absolute Gasteiger partial charge is 0.339 e. The van der Waals surface area contributed by atoms with Crippen LogP contribution in [-0.2, 0) is 14.8 Å². The van der Waals surface area contributed by atoms with Gasteiger partial charge in [0.05, 0.1) is 17.6 Å².